The first-order chi connectivity index (χ1) is 9.62. The van der Waals surface area contributed by atoms with Crippen LogP contribution in [0.1, 0.15) is 57.1 Å². The summed E-state index contributed by atoms with van der Waals surface area (Å²) in [5.74, 6) is 0.302. The van der Waals surface area contributed by atoms with Crippen LogP contribution in [0.5, 0.6) is 0 Å². The van der Waals surface area contributed by atoms with E-state index in [2.05, 4.69) is 13.0 Å². The number of benzene rings is 1. The van der Waals surface area contributed by atoms with Gasteiger partial charge in [-0.1, -0.05) is 44.4 Å². The van der Waals surface area contributed by atoms with Crippen molar-refractivity contribution in [3.63, 3.8) is 0 Å². The van der Waals surface area contributed by atoms with Gasteiger partial charge in [-0.15, -0.1) is 0 Å². The number of fused-ring (bicyclic) bond motifs is 1. The van der Waals surface area contributed by atoms with Crippen LogP contribution >= 0.6 is 0 Å². The zero-order chi connectivity index (χ0) is 14.2. The Morgan fingerprint density at radius 2 is 1.95 bits per heavy atom. The second-order valence-corrected chi connectivity index (χ2v) is 6.53. The molecule has 2 N–H and O–H groups in total. The van der Waals surface area contributed by atoms with Gasteiger partial charge in [-0.3, -0.25) is 4.79 Å². The van der Waals surface area contributed by atoms with E-state index in [4.69, 9.17) is 5.73 Å². The highest BCUT2D eigenvalue weighted by molar-refractivity contribution is 5.98. The van der Waals surface area contributed by atoms with Gasteiger partial charge in [-0.25, -0.2) is 0 Å². The quantitative estimate of drug-likeness (QED) is 0.851. The average Bonchev–Trinajstić information content (AvgIpc) is 2.48. The number of hydrogen-bond donors (Lipinski definition) is 1. The molecule has 0 spiro atoms. The SMILES string of the molecule is CC1(C(=O)N2CCC(N)c3ccccc32)CCCCC1. The molecule has 1 atom stereocenters. The highest BCUT2D eigenvalue weighted by atomic mass is 16.2. The predicted molar refractivity (Wildman–Crippen MR) is 81.5 cm³/mol. The van der Waals surface area contributed by atoms with Crippen molar-refractivity contribution in [3.8, 4) is 0 Å². The molecule has 1 saturated carbocycles. The molecule has 0 aromatic heterocycles. The fourth-order valence-corrected chi connectivity index (χ4v) is 3.67. The second kappa shape index (κ2) is 5.21. The molecule has 1 aliphatic carbocycles. The number of nitrogens with two attached hydrogens (primary N) is 1. The zero-order valence-electron chi connectivity index (χ0n) is 12.3. The summed E-state index contributed by atoms with van der Waals surface area (Å²) in [4.78, 5) is 15.0. The lowest BCUT2D eigenvalue weighted by atomic mass is 9.74. The Morgan fingerprint density at radius 1 is 1.25 bits per heavy atom. The maximum atomic E-state index is 13.0. The van der Waals surface area contributed by atoms with E-state index in [1.165, 1.54) is 19.3 Å². The van der Waals surface area contributed by atoms with E-state index < -0.39 is 0 Å². The number of nitrogens with zero attached hydrogens (tertiary/aromatic N) is 1. The van der Waals surface area contributed by atoms with Gasteiger partial charge >= 0.3 is 0 Å². The van der Waals surface area contributed by atoms with Crippen molar-refractivity contribution in [1.29, 1.82) is 0 Å². The summed E-state index contributed by atoms with van der Waals surface area (Å²) in [5.41, 5.74) is 8.16. The molecule has 1 heterocycles. The van der Waals surface area contributed by atoms with Crippen molar-refractivity contribution in [3.05, 3.63) is 29.8 Å². The molecule has 1 aromatic rings. The summed E-state index contributed by atoms with van der Waals surface area (Å²) in [6.07, 6.45) is 6.53. The summed E-state index contributed by atoms with van der Waals surface area (Å²) in [6.45, 7) is 2.90. The molecule has 0 bridgehead atoms. The number of carbonyl (C=O) groups is 1. The summed E-state index contributed by atoms with van der Waals surface area (Å²) < 4.78 is 0. The smallest absolute Gasteiger partial charge is 0.232 e. The molecule has 1 aliphatic heterocycles. The maximum Gasteiger partial charge on any atom is 0.232 e. The van der Waals surface area contributed by atoms with Gasteiger partial charge in [0.15, 0.2) is 0 Å². The molecular weight excluding hydrogens is 248 g/mol. The zero-order valence-corrected chi connectivity index (χ0v) is 12.3. The van der Waals surface area contributed by atoms with Gasteiger partial charge in [0.05, 0.1) is 0 Å². The first kappa shape index (κ1) is 13.6. The van der Waals surface area contributed by atoms with E-state index in [0.717, 1.165) is 37.1 Å². The third kappa shape index (κ3) is 2.24. The molecule has 108 valence electrons. The minimum atomic E-state index is -0.174. The van der Waals surface area contributed by atoms with Gasteiger partial charge in [-0.2, -0.15) is 0 Å². The molecule has 20 heavy (non-hydrogen) atoms. The van der Waals surface area contributed by atoms with Gasteiger partial charge in [-0.05, 0) is 30.9 Å². The molecule has 0 saturated heterocycles. The topological polar surface area (TPSA) is 46.3 Å². The Hall–Kier alpha value is -1.35. The van der Waals surface area contributed by atoms with Gasteiger partial charge in [0.25, 0.3) is 0 Å². The van der Waals surface area contributed by atoms with Crippen LogP contribution in [0.4, 0.5) is 5.69 Å². The van der Waals surface area contributed by atoms with Crippen molar-refractivity contribution in [2.75, 3.05) is 11.4 Å². The van der Waals surface area contributed by atoms with E-state index in [1.54, 1.807) is 0 Å². The maximum absolute atomic E-state index is 13.0. The molecule has 0 radical (unpaired) electrons. The lowest BCUT2D eigenvalue weighted by Gasteiger charge is -2.40. The first-order valence-corrected chi connectivity index (χ1v) is 7.78. The normalized spacial score (nSPS) is 25.1. The van der Waals surface area contributed by atoms with Crippen LogP contribution in [0, 0.1) is 5.41 Å². The van der Waals surface area contributed by atoms with Crippen molar-refractivity contribution < 1.29 is 4.79 Å². The van der Waals surface area contributed by atoms with Gasteiger partial charge in [0.1, 0.15) is 0 Å². The largest absolute Gasteiger partial charge is 0.324 e. The van der Waals surface area contributed by atoms with E-state index in [-0.39, 0.29) is 11.5 Å². The Balaban J connectivity index is 1.91. The molecule has 3 heteroatoms. The molecular formula is C17H24N2O. The van der Waals surface area contributed by atoms with Crippen LogP contribution < -0.4 is 10.6 Å². The van der Waals surface area contributed by atoms with Gasteiger partial charge in [0, 0.05) is 23.7 Å². The van der Waals surface area contributed by atoms with Crippen molar-refractivity contribution in [1.82, 2.24) is 0 Å². The fourth-order valence-electron chi connectivity index (χ4n) is 3.67. The van der Waals surface area contributed by atoms with Crippen LogP contribution in [0.3, 0.4) is 0 Å². The van der Waals surface area contributed by atoms with E-state index in [0.29, 0.717) is 5.91 Å². The molecule has 1 aromatic carbocycles. The lowest BCUT2D eigenvalue weighted by Crippen LogP contribution is -2.46. The van der Waals surface area contributed by atoms with Crippen LogP contribution in [-0.2, 0) is 4.79 Å². The third-order valence-electron chi connectivity index (χ3n) is 5.01. The number of para-hydroxylation sites is 1. The Kier molecular flexibility index (Phi) is 3.55. The van der Waals surface area contributed by atoms with Crippen LogP contribution in [0.15, 0.2) is 24.3 Å². The third-order valence-corrected chi connectivity index (χ3v) is 5.01. The lowest BCUT2D eigenvalue weighted by molar-refractivity contribution is -0.129. The van der Waals surface area contributed by atoms with Gasteiger partial charge in [0.2, 0.25) is 5.91 Å². The van der Waals surface area contributed by atoms with Crippen LogP contribution in [0.2, 0.25) is 0 Å². The van der Waals surface area contributed by atoms with Crippen LogP contribution in [0.25, 0.3) is 0 Å². The molecule has 1 unspecified atom stereocenters. The highest BCUT2D eigenvalue weighted by Crippen LogP contribution is 2.41. The molecule has 1 fully saturated rings. The summed E-state index contributed by atoms with van der Waals surface area (Å²) in [7, 11) is 0. The molecule has 2 aliphatic rings. The minimum Gasteiger partial charge on any atom is -0.324 e. The molecule has 3 nitrogen and oxygen atoms in total. The molecule has 3 rings (SSSR count). The summed E-state index contributed by atoms with van der Waals surface area (Å²) >= 11 is 0. The monoisotopic (exact) mass is 272 g/mol. The Morgan fingerprint density at radius 3 is 2.70 bits per heavy atom. The minimum absolute atomic E-state index is 0.0643. The highest BCUT2D eigenvalue weighted by Gasteiger charge is 2.39. The predicted octanol–water partition coefficient (Wildman–Crippen LogP) is 3.39. The summed E-state index contributed by atoms with van der Waals surface area (Å²) in [6, 6.07) is 8.17. The summed E-state index contributed by atoms with van der Waals surface area (Å²) in [5, 5.41) is 0. The van der Waals surface area contributed by atoms with Crippen LogP contribution in [-0.4, -0.2) is 12.5 Å². The number of carbonyl (C=O) groups excluding carboxylic acids is 1. The number of amides is 1. The van der Waals surface area contributed by atoms with Crippen molar-refractivity contribution in [2.45, 2.75) is 51.5 Å². The van der Waals surface area contributed by atoms with Gasteiger partial charge < -0.3 is 10.6 Å². The van der Waals surface area contributed by atoms with Crippen molar-refractivity contribution in [2.24, 2.45) is 11.1 Å². The number of rotatable bonds is 1. The molecule has 1 amide bonds. The number of hydrogen-bond acceptors (Lipinski definition) is 2. The first-order valence-electron chi connectivity index (χ1n) is 7.78. The Bertz CT molecular complexity index is 505. The standard InChI is InChI=1S/C17H24N2O/c1-17(10-5-2-6-11-17)16(20)19-12-9-14(18)13-7-3-4-8-15(13)19/h3-4,7-8,14H,2,5-6,9-12,18H2,1H3. The second-order valence-electron chi connectivity index (χ2n) is 6.53. The fraction of sp³-hybridized carbons (Fsp3) is 0.588. The Labute approximate surface area is 121 Å². The van der Waals surface area contributed by atoms with E-state index in [9.17, 15) is 4.79 Å². The van der Waals surface area contributed by atoms with E-state index in [1.807, 2.05) is 23.1 Å². The average molecular weight is 272 g/mol. The van der Waals surface area contributed by atoms with E-state index >= 15 is 0 Å². The number of anilines is 1. The van der Waals surface area contributed by atoms with Crippen molar-refractivity contribution >= 4 is 11.6 Å².